The Labute approximate surface area is 188 Å². The number of amides is 1. The molecule has 0 atom stereocenters. The van der Waals surface area contributed by atoms with Crippen molar-refractivity contribution in [2.24, 2.45) is 0 Å². The summed E-state index contributed by atoms with van der Waals surface area (Å²) in [5.41, 5.74) is 1.29. The van der Waals surface area contributed by atoms with Crippen LogP contribution in [0.2, 0.25) is 10.0 Å². The molecule has 0 aromatic heterocycles. The summed E-state index contributed by atoms with van der Waals surface area (Å²) in [5, 5.41) is 3.97. The molecule has 0 aliphatic rings. The number of anilines is 1. The lowest BCUT2D eigenvalue weighted by molar-refractivity contribution is -0.119. The van der Waals surface area contributed by atoms with Crippen molar-refractivity contribution in [2.45, 2.75) is 5.75 Å². The Kier molecular flexibility index (Phi) is 8.95. The van der Waals surface area contributed by atoms with E-state index in [9.17, 15) is 13.2 Å². The molecule has 0 heterocycles. The van der Waals surface area contributed by atoms with E-state index >= 15 is 0 Å². The van der Waals surface area contributed by atoms with Crippen LogP contribution in [-0.2, 0) is 20.6 Å². The fourth-order valence-electron chi connectivity index (χ4n) is 2.32. The van der Waals surface area contributed by atoms with Crippen LogP contribution in [0.5, 0.6) is 0 Å². The molecule has 0 saturated heterocycles. The molecule has 0 bridgehead atoms. The van der Waals surface area contributed by atoms with Gasteiger partial charge >= 0.3 is 0 Å². The van der Waals surface area contributed by atoms with Gasteiger partial charge in [0.1, 0.15) is 6.54 Å². The van der Waals surface area contributed by atoms with Gasteiger partial charge in [0.15, 0.2) is 0 Å². The molecule has 0 unspecified atom stereocenters. The summed E-state index contributed by atoms with van der Waals surface area (Å²) in [6, 6.07) is 12.1. The molecule has 1 amide bonds. The molecule has 28 heavy (non-hydrogen) atoms. The van der Waals surface area contributed by atoms with Crippen molar-refractivity contribution in [3.8, 4) is 0 Å². The minimum Gasteiger partial charge on any atom is -0.354 e. The third-order valence-corrected chi connectivity index (χ3v) is 6.99. The van der Waals surface area contributed by atoms with Gasteiger partial charge in [-0.2, -0.15) is 11.8 Å². The molecule has 2 rings (SSSR count). The number of nitrogens with zero attached hydrogens (tertiary/aromatic N) is 1. The fourth-order valence-corrected chi connectivity index (χ4v) is 5.16. The van der Waals surface area contributed by atoms with Crippen molar-refractivity contribution in [3.05, 3.63) is 62.5 Å². The zero-order valence-electron chi connectivity index (χ0n) is 15.0. The van der Waals surface area contributed by atoms with Crippen LogP contribution < -0.4 is 9.62 Å². The van der Waals surface area contributed by atoms with Crippen molar-refractivity contribution >= 4 is 72.5 Å². The van der Waals surface area contributed by atoms with Crippen LogP contribution in [-0.4, -0.2) is 39.4 Å². The van der Waals surface area contributed by atoms with Crippen LogP contribution >= 0.6 is 50.9 Å². The zero-order chi connectivity index (χ0) is 20.7. The lowest BCUT2D eigenvalue weighted by Gasteiger charge is -2.22. The highest BCUT2D eigenvalue weighted by Gasteiger charge is 2.20. The number of thioether (sulfide) groups is 1. The van der Waals surface area contributed by atoms with E-state index in [-0.39, 0.29) is 12.5 Å². The second-order valence-electron chi connectivity index (χ2n) is 5.85. The first-order valence-electron chi connectivity index (χ1n) is 8.19. The Hall–Kier alpha value is -0.930. The summed E-state index contributed by atoms with van der Waals surface area (Å²) in [4.78, 5) is 12.2. The number of carbonyl (C=O) groups excluding carboxylic acids is 1. The Morgan fingerprint density at radius 3 is 2.43 bits per heavy atom. The smallest absolute Gasteiger partial charge is 0.240 e. The minimum absolute atomic E-state index is 0.281. The highest BCUT2D eigenvalue weighted by molar-refractivity contribution is 9.10. The standard InChI is InChI=1S/C18H19BrCl2N2O3S2/c1-28(25,26)23(14-5-2-4-13(19)10-14)11-18(24)22-8-9-27-12-15-16(20)6-3-7-17(15)21/h2-7,10H,8-9,11-12H2,1H3,(H,22,24). The molecule has 152 valence electrons. The summed E-state index contributed by atoms with van der Waals surface area (Å²) in [5.74, 6) is 0.895. The maximum absolute atomic E-state index is 12.2. The average Bonchev–Trinajstić information content (AvgIpc) is 2.60. The van der Waals surface area contributed by atoms with Gasteiger partial charge in [-0.25, -0.2) is 8.42 Å². The molecule has 5 nitrogen and oxygen atoms in total. The van der Waals surface area contributed by atoms with Gasteiger partial charge in [-0.15, -0.1) is 0 Å². The van der Waals surface area contributed by atoms with Crippen molar-refractivity contribution in [2.75, 3.05) is 29.4 Å². The first-order valence-corrected chi connectivity index (χ1v) is 12.7. The number of halogens is 3. The summed E-state index contributed by atoms with van der Waals surface area (Å²) in [6.45, 7) is 0.123. The third kappa shape index (κ3) is 7.15. The van der Waals surface area contributed by atoms with Crippen molar-refractivity contribution in [1.82, 2.24) is 5.32 Å². The third-order valence-electron chi connectivity index (χ3n) is 3.66. The van der Waals surface area contributed by atoms with Gasteiger partial charge in [-0.1, -0.05) is 51.3 Å². The maximum Gasteiger partial charge on any atom is 0.240 e. The van der Waals surface area contributed by atoms with Crippen LogP contribution in [0.15, 0.2) is 46.9 Å². The predicted octanol–water partition coefficient (Wildman–Crippen LogP) is 4.57. The quantitative estimate of drug-likeness (QED) is 0.487. The Morgan fingerprint density at radius 2 is 1.82 bits per heavy atom. The highest BCUT2D eigenvalue weighted by Crippen LogP contribution is 2.28. The molecule has 0 radical (unpaired) electrons. The number of benzene rings is 2. The molecular weight excluding hydrogens is 507 g/mol. The molecule has 0 saturated carbocycles. The first-order chi connectivity index (χ1) is 13.2. The van der Waals surface area contributed by atoms with Crippen LogP contribution in [0.3, 0.4) is 0 Å². The van der Waals surface area contributed by atoms with Gasteiger partial charge in [0.2, 0.25) is 15.9 Å². The van der Waals surface area contributed by atoms with Crippen molar-refractivity contribution in [3.63, 3.8) is 0 Å². The van der Waals surface area contributed by atoms with Crippen molar-refractivity contribution in [1.29, 1.82) is 0 Å². The van der Waals surface area contributed by atoms with Gasteiger partial charge in [0.05, 0.1) is 11.9 Å². The lowest BCUT2D eigenvalue weighted by atomic mass is 10.2. The van der Waals surface area contributed by atoms with E-state index < -0.39 is 10.0 Å². The molecule has 2 aromatic carbocycles. The van der Waals surface area contributed by atoms with E-state index in [1.807, 2.05) is 0 Å². The zero-order valence-corrected chi connectivity index (χ0v) is 19.7. The monoisotopic (exact) mass is 524 g/mol. The molecule has 0 aliphatic heterocycles. The second-order valence-corrected chi connectivity index (χ2v) is 10.6. The molecule has 1 N–H and O–H groups in total. The lowest BCUT2D eigenvalue weighted by Crippen LogP contribution is -2.41. The molecule has 0 spiro atoms. The fraction of sp³-hybridized carbons (Fsp3) is 0.278. The van der Waals surface area contributed by atoms with E-state index in [0.717, 1.165) is 20.6 Å². The summed E-state index contributed by atoms with van der Waals surface area (Å²) >= 11 is 17.1. The Morgan fingerprint density at radius 1 is 1.18 bits per heavy atom. The molecule has 10 heteroatoms. The SMILES string of the molecule is CS(=O)(=O)N(CC(=O)NCCSCc1c(Cl)cccc1Cl)c1cccc(Br)c1. The largest absolute Gasteiger partial charge is 0.354 e. The van der Waals surface area contributed by atoms with Crippen LogP contribution in [0, 0.1) is 0 Å². The Bertz CT molecular complexity index is 922. The van der Waals surface area contributed by atoms with Crippen LogP contribution in [0.1, 0.15) is 5.56 Å². The summed E-state index contributed by atoms with van der Waals surface area (Å²) in [6.07, 6.45) is 1.07. The van der Waals surface area contributed by atoms with Gasteiger partial charge in [0, 0.05) is 32.6 Å². The van der Waals surface area contributed by atoms with Gasteiger partial charge < -0.3 is 5.32 Å². The first kappa shape index (κ1) is 23.3. The van der Waals surface area contributed by atoms with Crippen LogP contribution in [0.25, 0.3) is 0 Å². The number of hydrogen-bond acceptors (Lipinski definition) is 4. The van der Waals surface area contributed by atoms with E-state index in [1.165, 1.54) is 0 Å². The molecule has 0 aliphatic carbocycles. The minimum atomic E-state index is -3.59. The van der Waals surface area contributed by atoms with E-state index in [0.29, 0.717) is 33.8 Å². The van der Waals surface area contributed by atoms with E-state index in [2.05, 4.69) is 21.2 Å². The van der Waals surface area contributed by atoms with Gasteiger partial charge in [-0.05, 0) is 35.9 Å². The topological polar surface area (TPSA) is 66.5 Å². The van der Waals surface area contributed by atoms with Crippen LogP contribution in [0.4, 0.5) is 5.69 Å². The number of rotatable bonds is 9. The predicted molar refractivity (Wildman–Crippen MR) is 122 cm³/mol. The number of sulfonamides is 1. The van der Waals surface area contributed by atoms with Gasteiger partial charge in [0.25, 0.3) is 0 Å². The van der Waals surface area contributed by atoms with E-state index in [1.54, 1.807) is 54.2 Å². The highest BCUT2D eigenvalue weighted by atomic mass is 79.9. The van der Waals surface area contributed by atoms with E-state index in [4.69, 9.17) is 23.2 Å². The maximum atomic E-state index is 12.2. The second kappa shape index (κ2) is 10.7. The molecule has 0 fully saturated rings. The number of nitrogens with one attached hydrogen (secondary N) is 1. The Balaban J connectivity index is 1.85. The normalized spacial score (nSPS) is 11.3. The molecular formula is C18H19BrCl2N2O3S2. The summed E-state index contributed by atoms with van der Waals surface area (Å²) in [7, 11) is -3.59. The average molecular weight is 526 g/mol. The number of carbonyl (C=O) groups is 1. The number of hydrogen-bond donors (Lipinski definition) is 1. The van der Waals surface area contributed by atoms with Gasteiger partial charge in [-0.3, -0.25) is 9.10 Å². The summed E-state index contributed by atoms with van der Waals surface area (Å²) < 4.78 is 26.0. The molecule has 2 aromatic rings. The van der Waals surface area contributed by atoms with Crippen molar-refractivity contribution < 1.29 is 13.2 Å².